The molecule has 0 aromatic heterocycles. The Morgan fingerprint density at radius 2 is 1.91 bits per heavy atom. The number of hydrogen-bond acceptors (Lipinski definition) is 5. The van der Waals surface area contributed by atoms with Crippen molar-refractivity contribution in [2.45, 2.75) is 38.1 Å². The second-order valence-electron chi connectivity index (χ2n) is 6.45. The molecular weight excluding hydrogens is 294 g/mol. The van der Waals surface area contributed by atoms with Gasteiger partial charge in [0.15, 0.2) is 5.75 Å². The molecule has 0 bridgehead atoms. The van der Waals surface area contributed by atoms with E-state index in [0.717, 1.165) is 18.8 Å². The summed E-state index contributed by atoms with van der Waals surface area (Å²) in [5, 5.41) is 11.1. The van der Waals surface area contributed by atoms with Gasteiger partial charge in [-0.2, -0.15) is 0 Å². The number of rotatable bonds is 4. The van der Waals surface area contributed by atoms with Crippen molar-refractivity contribution in [2.75, 3.05) is 38.2 Å². The average molecular weight is 319 g/mol. The first-order chi connectivity index (χ1) is 11.2. The maximum Gasteiger partial charge on any atom is 0.311 e. The number of hydrogen-bond donors (Lipinski definition) is 0. The van der Waals surface area contributed by atoms with Gasteiger partial charge in [-0.25, -0.2) is 0 Å². The summed E-state index contributed by atoms with van der Waals surface area (Å²) in [6.45, 7) is 4.43. The van der Waals surface area contributed by atoms with E-state index in [1.807, 2.05) is 12.1 Å². The summed E-state index contributed by atoms with van der Waals surface area (Å²) in [7, 11) is 1.49. The van der Waals surface area contributed by atoms with Crippen LogP contribution in [0.4, 0.5) is 11.4 Å². The molecule has 3 rings (SSSR count). The summed E-state index contributed by atoms with van der Waals surface area (Å²) in [4.78, 5) is 15.6. The van der Waals surface area contributed by atoms with E-state index in [2.05, 4.69) is 9.80 Å². The van der Waals surface area contributed by atoms with Crippen molar-refractivity contribution in [2.24, 2.45) is 0 Å². The topological polar surface area (TPSA) is 58.8 Å². The first-order valence-corrected chi connectivity index (χ1v) is 8.50. The number of anilines is 1. The molecule has 2 saturated heterocycles. The molecule has 6 heteroatoms. The second-order valence-corrected chi connectivity index (χ2v) is 6.45. The smallest absolute Gasteiger partial charge is 0.311 e. The zero-order valence-electron chi connectivity index (χ0n) is 13.7. The highest BCUT2D eigenvalue weighted by atomic mass is 16.6. The van der Waals surface area contributed by atoms with Crippen LogP contribution in [0.2, 0.25) is 0 Å². The van der Waals surface area contributed by atoms with Gasteiger partial charge in [0.2, 0.25) is 0 Å². The zero-order chi connectivity index (χ0) is 16.2. The minimum Gasteiger partial charge on any atom is -0.490 e. The largest absolute Gasteiger partial charge is 0.490 e. The molecule has 1 aromatic carbocycles. The highest BCUT2D eigenvalue weighted by Crippen LogP contribution is 2.33. The predicted octanol–water partition coefficient (Wildman–Crippen LogP) is 3.06. The lowest BCUT2D eigenvalue weighted by Gasteiger charge is -2.32. The molecule has 0 spiro atoms. The van der Waals surface area contributed by atoms with Crippen molar-refractivity contribution in [3.05, 3.63) is 28.3 Å². The van der Waals surface area contributed by atoms with Gasteiger partial charge in [-0.15, -0.1) is 0 Å². The fourth-order valence-corrected chi connectivity index (χ4v) is 3.77. The lowest BCUT2D eigenvalue weighted by Crippen LogP contribution is -2.41. The minimum atomic E-state index is -0.391. The maximum atomic E-state index is 11.1. The van der Waals surface area contributed by atoms with Gasteiger partial charge in [0, 0.05) is 37.0 Å². The van der Waals surface area contributed by atoms with Crippen LogP contribution in [0.3, 0.4) is 0 Å². The van der Waals surface area contributed by atoms with Gasteiger partial charge in [-0.05, 0) is 44.8 Å². The molecule has 23 heavy (non-hydrogen) atoms. The van der Waals surface area contributed by atoms with E-state index in [1.54, 1.807) is 6.07 Å². The molecule has 0 aliphatic carbocycles. The molecule has 2 aliphatic heterocycles. The Labute approximate surface area is 137 Å². The van der Waals surface area contributed by atoms with Gasteiger partial charge in [0.1, 0.15) is 0 Å². The van der Waals surface area contributed by atoms with E-state index in [0.29, 0.717) is 11.8 Å². The Balaban J connectivity index is 1.80. The highest BCUT2D eigenvalue weighted by Gasteiger charge is 2.27. The van der Waals surface area contributed by atoms with E-state index in [9.17, 15) is 10.1 Å². The number of nitro groups is 1. The molecule has 6 nitrogen and oxygen atoms in total. The van der Waals surface area contributed by atoms with Crippen molar-refractivity contribution in [1.82, 2.24) is 4.90 Å². The van der Waals surface area contributed by atoms with E-state index >= 15 is 0 Å². The van der Waals surface area contributed by atoms with E-state index < -0.39 is 4.92 Å². The number of methoxy groups -OCH3 is 1. The standard InChI is InChI=1S/C17H25N3O3/c1-23-17-12-14(7-8-16(17)20(21)22)19-11-3-2-6-15(13-19)18-9-4-5-10-18/h7-8,12,15H,2-6,9-11,13H2,1H3. The quantitative estimate of drug-likeness (QED) is 0.630. The summed E-state index contributed by atoms with van der Waals surface area (Å²) in [6.07, 6.45) is 6.29. The molecule has 2 heterocycles. The molecule has 126 valence electrons. The minimum absolute atomic E-state index is 0.0298. The first kappa shape index (κ1) is 16.1. The summed E-state index contributed by atoms with van der Waals surface area (Å²) in [5.41, 5.74) is 1.06. The lowest BCUT2D eigenvalue weighted by molar-refractivity contribution is -0.385. The third-order valence-electron chi connectivity index (χ3n) is 5.03. The lowest BCUT2D eigenvalue weighted by atomic mass is 10.1. The molecule has 1 atom stereocenters. The Hall–Kier alpha value is -1.82. The second kappa shape index (κ2) is 7.17. The van der Waals surface area contributed by atoms with Crippen LogP contribution in [0.25, 0.3) is 0 Å². The molecule has 0 N–H and O–H groups in total. The molecule has 2 fully saturated rings. The average Bonchev–Trinajstić information content (AvgIpc) is 2.99. The summed E-state index contributed by atoms with van der Waals surface area (Å²) < 4.78 is 5.22. The van der Waals surface area contributed by atoms with Crippen LogP contribution in [0.15, 0.2) is 18.2 Å². The van der Waals surface area contributed by atoms with Crippen LogP contribution in [0.1, 0.15) is 32.1 Å². The monoisotopic (exact) mass is 319 g/mol. The zero-order valence-corrected chi connectivity index (χ0v) is 13.7. The third kappa shape index (κ3) is 3.58. The molecule has 1 unspecified atom stereocenters. The molecule has 1 aromatic rings. The maximum absolute atomic E-state index is 11.1. The molecule has 0 radical (unpaired) electrons. The fourth-order valence-electron chi connectivity index (χ4n) is 3.77. The van der Waals surface area contributed by atoms with Crippen molar-refractivity contribution in [3.8, 4) is 5.75 Å². The number of nitro benzene ring substituents is 1. The van der Waals surface area contributed by atoms with Crippen LogP contribution in [0.5, 0.6) is 5.75 Å². The first-order valence-electron chi connectivity index (χ1n) is 8.50. The number of nitrogens with zero attached hydrogens (tertiary/aromatic N) is 3. The van der Waals surface area contributed by atoms with Crippen LogP contribution < -0.4 is 9.64 Å². The van der Waals surface area contributed by atoms with Crippen LogP contribution in [-0.4, -0.2) is 49.2 Å². The van der Waals surface area contributed by atoms with E-state index in [1.165, 1.54) is 52.3 Å². The number of likely N-dealkylation sites (tertiary alicyclic amines) is 1. The molecular formula is C17H25N3O3. The van der Waals surface area contributed by atoms with Crippen molar-refractivity contribution in [1.29, 1.82) is 0 Å². The van der Waals surface area contributed by atoms with E-state index in [4.69, 9.17) is 4.74 Å². The summed E-state index contributed by atoms with van der Waals surface area (Å²) >= 11 is 0. The van der Waals surface area contributed by atoms with Gasteiger partial charge in [-0.1, -0.05) is 6.42 Å². The SMILES string of the molecule is COc1cc(N2CCCCC(N3CCCC3)C2)ccc1[N+](=O)[O-]. The van der Waals surface area contributed by atoms with E-state index in [-0.39, 0.29) is 5.69 Å². The van der Waals surface area contributed by atoms with Crippen molar-refractivity contribution < 1.29 is 9.66 Å². The Kier molecular flexibility index (Phi) is 5.00. The Morgan fingerprint density at radius 1 is 1.17 bits per heavy atom. The van der Waals surface area contributed by atoms with Crippen LogP contribution in [-0.2, 0) is 0 Å². The molecule has 0 amide bonds. The third-order valence-corrected chi connectivity index (χ3v) is 5.03. The van der Waals surface area contributed by atoms with Crippen LogP contribution >= 0.6 is 0 Å². The normalized spacial score (nSPS) is 22.8. The summed E-state index contributed by atoms with van der Waals surface area (Å²) in [5.74, 6) is 0.342. The van der Waals surface area contributed by atoms with Gasteiger partial charge in [0.25, 0.3) is 0 Å². The van der Waals surface area contributed by atoms with Gasteiger partial charge in [0.05, 0.1) is 12.0 Å². The molecule has 0 saturated carbocycles. The number of benzene rings is 1. The van der Waals surface area contributed by atoms with Gasteiger partial charge in [-0.3, -0.25) is 15.0 Å². The predicted molar refractivity (Wildman–Crippen MR) is 90.3 cm³/mol. The number of ether oxygens (including phenoxy) is 1. The van der Waals surface area contributed by atoms with Crippen molar-refractivity contribution >= 4 is 11.4 Å². The Bertz CT molecular complexity index is 558. The fraction of sp³-hybridized carbons (Fsp3) is 0.647. The summed E-state index contributed by atoms with van der Waals surface area (Å²) in [6, 6.07) is 5.82. The van der Waals surface area contributed by atoms with Crippen molar-refractivity contribution in [3.63, 3.8) is 0 Å². The van der Waals surface area contributed by atoms with Crippen LogP contribution in [0, 0.1) is 10.1 Å². The van der Waals surface area contributed by atoms with Gasteiger partial charge >= 0.3 is 5.69 Å². The highest BCUT2D eigenvalue weighted by molar-refractivity contribution is 5.59. The Morgan fingerprint density at radius 3 is 2.61 bits per heavy atom. The van der Waals surface area contributed by atoms with Gasteiger partial charge < -0.3 is 9.64 Å². The molecule has 2 aliphatic rings.